The molecule has 10 nitrogen and oxygen atoms in total. The minimum absolute atomic E-state index is 0.115. The molecule has 1 heterocycles. The van der Waals surface area contributed by atoms with Gasteiger partial charge < -0.3 is 20.6 Å². The van der Waals surface area contributed by atoms with Gasteiger partial charge in [0.2, 0.25) is 5.91 Å². The molecule has 232 valence electrons. The number of halogens is 2. The summed E-state index contributed by atoms with van der Waals surface area (Å²) in [6.45, 7) is 8.23. The van der Waals surface area contributed by atoms with Crippen molar-refractivity contribution < 1.29 is 19.5 Å². The van der Waals surface area contributed by atoms with Crippen molar-refractivity contribution in [1.82, 2.24) is 25.4 Å². The molecule has 3 aromatic carbocycles. The number of rotatable bonds is 11. The van der Waals surface area contributed by atoms with Crippen molar-refractivity contribution in [3.8, 4) is 0 Å². The van der Waals surface area contributed by atoms with Crippen LogP contribution in [0.4, 0.5) is 4.79 Å². The predicted octanol–water partition coefficient (Wildman–Crippen LogP) is 6.67. The zero-order chi connectivity index (χ0) is 32.1. The number of carbonyl (C=O) groups excluding carboxylic acids is 1. The number of carbonyl (C=O) groups is 2. The summed E-state index contributed by atoms with van der Waals surface area (Å²) in [6.07, 6.45) is 1.88. The van der Waals surface area contributed by atoms with Crippen LogP contribution in [0.5, 0.6) is 0 Å². The van der Waals surface area contributed by atoms with E-state index >= 15 is 0 Å². The predicted molar refractivity (Wildman–Crippen MR) is 172 cm³/mol. The molecule has 0 radical (unpaired) electrons. The summed E-state index contributed by atoms with van der Waals surface area (Å²) < 4.78 is 1.65. The fraction of sp³-hybridized carbons (Fsp3) is 0.281. The second-order valence-electron chi connectivity index (χ2n) is 10.3. The number of amides is 2. The summed E-state index contributed by atoms with van der Waals surface area (Å²) in [6, 6.07) is 22.0. The third-order valence-electron chi connectivity index (χ3n) is 6.43. The fourth-order valence-corrected chi connectivity index (χ4v) is 4.54. The Morgan fingerprint density at radius 1 is 1.00 bits per heavy atom. The zero-order valence-electron chi connectivity index (χ0n) is 24.9. The number of nitrogens with zero attached hydrogens (tertiary/aromatic N) is 4. The number of aryl methyl sites for hydroxylation is 1. The molecule has 0 spiro atoms. The number of benzene rings is 3. The highest BCUT2D eigenvalue weighted by atomic mass is 35.5. The molecule has 1 aromatic heterocycles. The summed E-state index contributed by atoms with van der Waals surface area (Å²) >= 11 is 12.3. The van der Waals surface area contributed by atoms with E-state index in [4.69, 9.17) is 33.1 Å². The first kappa shape index (κ1) is 34.1. The highest BCUT2D eigenvalue weighted by Crippen LogP contribution is 2.22. The molecular weight excluding hydrogens is 603 g/mol. The summed E-state index contributed by atoms with van der Waals surface area (Å²) in [5.41, 5.74) is 4.55. The zero-order valence-corrected chi connectivity index (χ0v) is 26.5. The maximum absolute atomic E-state index is 12.1. The van der Waals surface area contributed by atoms with E-state index in [0.29, 0.717) is 28.9 Å². The van der Waals surface area contributed by atoms with Gasteiger partial charge in [-0.1, -0.05) is 102 Å². The molecule has 12 heteroatoms. The molecule has 2 amide bonds. The van der Waals surface area contributed by atoms with E-state index < -0.39 is 12.1 Å². The average Bonchev–Trinajstić information content (AvgIpc) is 3.50. The first-order valence-electron chi connectivity index (χ1n) is 13.9. The van der Waals surface area contributed by atoms with E-state index in [2.05, 4.69) is 25.9 Å². The van der Waals surface area contributed by atoms with Gasteiger partial charge in [0.15, 0.2) is 0 Å². The van der Waals surface area contributed by atoms with Crippen LogP contribution in [0, 0.1) is 12.8 Å². The van der Waals surface area contributed by atoms with Crippen molar-refractivity contribution in [2.45, 2.75) is 52.9 Å². The maximum Gasteiger partial charge on any atom is 0.405 e. The van der Waals surface area contributed by atoms with Gasteiger partial charge in [0.05, 0.1) is 17.6 Å². The van der Waals surface area contributed by atoms with E-state index in [1.807, 2.05) is 74.5 Å². The summed E-state index contributed by atoms with van der Waals surface area (Å²) in [5.74, 6) is -0.424. The second-order valence-corrected chi connectivity index (χ2v) is 11.2. The SMILES string of the molecule is Cc1ccc(C(C)NC(=O)C(NC(=O)O)C(C)C)cc1.Clc1ccc(C(Cn2cncn2)=NOCc2ccccc2)c(Cl)c1. The molecule has 0 saturated heterocycles. The molecule has 0 aliphatic heterocycles. The van der Waals surface area contributed by atoms with Crippen LogP contribution >= 0.6 is 23.2 Å². The van der Waals surface area contributed by atoms with Crippen LogP contribution in [0.15, 0.2) is 90.6 Å². The highest BCUT2D eigenvalue weighted by molar-refractivity contribution is 6.37. The van der Waals surface area contributed by atoms with Crippen molar-refractivity contribution in [3.05, 3.63) is 118 Å². The van der Waals surface area contributed by atoms with Crippen molar-refractivity contribution in [2.24, 2.45) is 11.1 Å². The standard InChI is InChI=1S/C17H14Cl2N4O.C15H22N2O3/c18-14-6-7-15(16(19)8-14)17(9-23-12-20-11-21-23)22-24-10-13-4-2-1-3-5-13;1-9(2)13(17-15(19)20)14(18)16-11(4)12-7-5-10(3)6-8-12/h1-8,11-12H,9-10H2;5-9,11,13,17H,1-4H3,(H,16,18)(H,19,20). The van der Waals surface area contributed by atoms with Gasteiger partial charge in [-0.25, -0.2) is 14.5 Å². The van der Waals surface area contributed by atoms with E-state index in [1.165, 1.54) is 6.33 Å². The molecule has 4 rings (SSSR count). The molecule has 0 bridgehead atoms. The van der Waals surface area contributed by atoms with Crippen LogP contribution in [0.25, 0.3) is 0 Å². The van der Waals surface area contributed by atoms with Gasteiger partial charge in [0.25, 0.3) is 0 Å². The number of hydrogen-bond donors (Lipinski definition) is 3. The first-order valence-corrected chi connectivity index (χ1v) is 14.7. The Bertz CT molecular complexity index is 1510. The maximum atomic E-state index is 12.1. The van der Waals surface area contributed by atoms with E-state index in [0.717, 1.165) is 22.3 Å². The molecule has 0 saturated carbocycles. The lowest BCUT2D eigenvalue weighted by atomic mass is 10.0. The normalized spacial score (nSPS) is 12.5. The minimum Gasteiger partial charge on any atom is -0.465 e. The number of hydrogen-bond acceptors (Lipinski definition) is 6. The van der Waals surface area contributed by atoms with E-state index in [9.17, 15) is 9.59 Å². The van der Waals surface area contributed by atoms with E-state index in [1.54, 1.807) is 37.0 Å². The molecule has 44 heavy (non-hydrogen) atoms. The third kappa shape index (κ3) is 11.0. The van der Waals surface area contributed by atoms with Crippen molar-refractivity contribution in [2.75, 3.05) is 0 Å². The molecule has 0 aliphatic rings. The third-order valence-corrected chi connectivity index (χ3v) is 6.98. The lowest BCUT2D eigenvalue weighted by Gasteiger charge is -2.23. The Kier molecular flexibility index (Phi) is 13.2. The molecule has 3 N–H and O–H groups in total. The van der Waals surface area contributed by atoms with Crippen LogP contribution < -0.4 is 10.6 Å². The first-order chi connectivity index (χ1) is 21.0. The Morgan fingerprint density at radius 2 is 1.70 bits per heavy atom. The summed E-state index contributed by atoms with van der Waals surface area (Å²) in [7, 11) is 0. The van der Waals surface area contributed by atoms with Gasteiger partial charge >= 0.3 is 6.09 Å². The molecule has 2 unspecified atom stereocenters. The number of oxime groups is 1. The Hall–Kier alpha value is -4.41. The highest BCUT2D eigenvalue weighted by Gasteiger charge is 2.25. The molecule has 4 aromatic rings. The number of nitrogens with one attached hydrogen (secondary N) is 2. The van der Waals surface area contributed by atoms with Gasteiger partial charge in [-0.2, -0.15) is 5.10 Å². The molecular formula is C32H36Cl2N6O4. The lowest BCUT2D eigenvalue weighted by Crippen LogP contribution is -2.49. The van der Waals surface area contributed by atoms with Gasteiger partial charge in [-0.15, -0.1) is 0 Å². The smallest absolute Gasteiger partial charge is 0.405 e. The van der Waals surface area contributed by atoms with Crippen LogP contribution in [0.1, 0.15) is 49.1 Å². The van der Waals surface area contributed by atoms with Gasteiger partial charge in [-0.3, -0.25) is 4.79 Å². The van der Waals surface area contributed by atoms with Crippen molar-refractivity contribution >= 4 is 40.9 Å². The van der Waals surface area contributed by atoms with Crippen molar-refractivity contribution in [3.63, 3.8) is 0 Å². The Morgan fingerprint density at radius 3 is 2.30 bits per heavy atom. The lowest BCUT2D eigenvalue weighted by molar-refractivity contribution is -0.124. The van der Waals surface area contributed by atoms with Gasteiger partial charge in [0.1, 0.15) is 31.0 Å². The quantitative estimate of drug-likeness (QED) is 0.124. The topological polar surface area (TPSA) is 131 Å². The fourth-order valence-electron chi connectivity index (χ4n) is 4.02. The molecule has 0 fully saturated rings. The van der Waals surface area contributed by atoms with Crippen LogP contribution in [-0.2, 0) is 22.8 Å². The monoisotopic (exact) mass is 638 g/mol. The van der Waals surface area contributed by atoms with Crippen molar-refractivity contribution in [1.29, 1.82) is 0 Å². The largest absolute Gasteiger partial charge is 0.465 e. The summed E-state index contributed by atoms with van der Waals surface area (Å²) in [5, 5.41) is 23.3. The molecule has 0 aliphatic carbocycles. The van der Waals surface area contributed by atoms with E-state index in [-0.39, 0.29) is 17.9 Å². The minimum atomic E-state index is -1.19. The number of carboxylic acid groups (broad SMARTS) is 1. The summed E-state index contributed by atoms with van der Waals surface area (Å²) in [4.78, 5) is 32.3. The number of aromatic nitrogens is 3. The second kappa shape index (κ2) is 17.0. The van der Waals surface area contributed by atoms with Crippen LogP contribution in [0.2, 0.25) is 10.0 Å². The average molecular weight is 640 g/mol. The van der Waals surface area contributed by atoms with Gasteiger partial charge in [0, 0.05) is 10.6 Å². The Labute approximate surface area is 267 Å². The van der Waals surface area contributed by atoms with Crippen LogP contribution in [-0.4, -0.2) is 43.6 Å². The Balaban J connectivity index is 0.000000245. The van der Waals surface area contributed by atoms with Crippen LogP contribution in [0.3, 0.4) is 0 Å². The van der Waals surface area contributed by atoms with Gasteiger partial charge in [-0.05, 0) is 49.1 Å². The molecule has 2 atom stereocenters.